The van der Waals surface area contributed by atoms with Crippen molar-refractivity contribution in [3.63, 3.8) is 0 Å². The molecule has 1 heterocycles. The van der Waals surface area contributed by atoms with Crippen LogP contribution < -0.4 is 10.6 Å². The molecule has 0 saturated carbocycles. The Balaban J connectivity index is 3.78. The largest absolute Gasteiger partial charge is 0.470 e. The number of nitrogens with one attached hydrogen (secondary N) is 2. The average Bonchev–Trinajstić information content (AvgIpc) is 0.784. The zero-order valence-electron chi connectivity index (χ0n) is 66.5. The van der Waals surface area contributed by atoms with Crippen molar-refractivity contribution >= 4 is 27.5 Å². The molecule has 21 heteroatoms. The predicted molar refractivity (Wildman–Crippen MR) is 417 cm³/mol. The lowest BCUT2D eigenvalue weighted by molar-refractivity contribution is -0.276. The molecule has 0 aromatic carbocycles. The molecule has 1 saturated heterocycles. The van der Waals surface area contributed by atoms with Crippen molar-refractivity contribution in [1.82, 2.24) is 10.6 Å². The first-order chi connectivity index (χ1) is 49.5. The highest BCUT2D eigenvalue weighted by Crippen LogP contribution is 2.43. The van der Waals surface area contributed by atoms with Crippen LogP contribution in [0.25, 0.3) is 0 Å². The molecule has 1 fully saturated rings. The number of unbranched alkanes of at least 4 members (excludes halogenated alkanes) is 45. The Bertz CT molecular complexity index is 1870. The molecule has 1 unspecified atom stereocenters. The third kappa shape index (κ3) is 60.7. The number of hydrogen-bond acceptors (Lipinski definition) is 13. The van der Waals surface area contributed by atoms with Crippen molar-refractivity contribution < 1.29 is 80.9 Å². The van der Waals surface area contributed by atoms with Crippen LogP contribution in [-0.4, -0.2) is 138 Å². The number of phosphoric acid groups is 2. The molecule has 608 valence electrons. The van der Waals surface area contributed by atoms with Crippen LogP contribution in [0.4, 0.5) is 0 Å². The van der Waals surface area contributed by atoms with E-state index in [0.717, 1.165) is 135 Å². The molecule has 7 N–H and O–H groups in total. The summed E-state index contributed by atoms with van der Waals surface area (Å²) in [6.45, 7) is 13.0. The Hall–Kier alpha value is -1.12. The molecule has 0 aromatic heterocycles. The van der Waals surface area contributed by atoms with Gasteiger partial charge in [0, 0.05) is 26.4 Å². The number of aliphatic hydroxyl groups is 1. The number of rotatable bonds is 79. The van der Waals surface area contributed by atoms with Gasteiger partial charge in [-0.15, -0.1) is 0 Å². The van der Waals surface area contributed by atoms with E-state index in [9.17, 15) is 43.4 Å². The van der Waals surface area contributed by atoms with Gasteiger partial charge in [0.25, 0.3) is 0 Å². The number of phosphoric ester groups is 2. The summed E-state index contributed by atoms with van der Waals surface area (Å²) in [5.74, 6) is -0.906. The van der Waals surface area contributed by atoms with Gasteiger partial charge in [0.05, 0.1) is 57.0 Å². The SMILES string of the molecule is CCCCCCCCCCCC(CC(=O)N[C@H](CO[C@@H]1O[C@H](CO)[C@@H](OP(=O)(O)O)[C@H](OCC[C@@H](CCCCCCCCCCC)OCCCCCCCCCC)[C@H]1NC(=O)C[C@H](CCCCCCCCCCC)OCCCCCCCCCC)COP(=O)(O)O)OCCCCCCCCCC. The minimum Gasteiger partial charge on any atom is -0.394 e. The lowest BCUT2D eigenvalue weighted by atomic mass is 9.96. The maximum absolute atomic E-state index is 14.9. The summed E-state index contributed by atoms with van der Waals surface area (Å²) in [6.07, 6.45) is 54.0. The Morgan fingerprint density at radius 1 is 0.373 bits per heavy atom. The van der Waals surface area contributed by atoms with Crippen molar-refractivity contribution in [1.29, 1.82) is 0 Å². The number of amides is 2. The molecule has 0 spiro atoms. The molecule has 2 amide bonds. The first-order valence-electron chi connectivity index (χ1n) is 42.9. The lowest BCUT2D eigenvalue weighted by Gasteiger charge is -2.46. The van der Waals surface area contributed by atoms with E-state index < -0.39 is 96.2 Å². The van der Waals surface area contributed by atoms with Gasteiger partial charge in [0.1, 0.15) is 24.4 Å². The molecule has 1 rings (SSSR count). The minimum atomic E-state index is -5.34. The van der Waals surface area contributed by atoms with E-state index in [-0.39, 0.29) is 25.6 Å². The zero-order valence-corrected chi connectivity index (χ0v) is 68.3. The maximum atomic E-state index is 14.9. The van der Waals surface area contributed by atoms with Gasteiger partial charge in [-0.25, -0.2) is 9.13 Å². The van der Waals surface area contributed by atoms with Crippen molar-refractivity contribution in [2.24, 2.45) is 0 Å². The lowest BCUT2D eigenvalue weighted by Crippen LogP contribution is -2.66. The fourth-order valence-corrected chi connectivity index (χ4v) is 14.9. The van der Waals surface area contributed by atoms with Gasteiger partial charge >= 0.3 is 15.6 Å². The molecular formula is C81H162N2O17P2. The summed E-state index contributed by atoms with van der Waals surface area (Å²) in [5, 5.41) is 17.1. The molecule has 102 heavy (non-hydrogen) atoms. The molecule has 1 aliphatic heterocycles. The second-order valence-corrected chi connectivity index (χ2v) is 32.5. The van der Waals surface area contributed by atoms with Crippen LogP contribution in [0.1, 0.15) is 408 Å². The smallest absolute Gasteiger partial charge is 0.394 e. The Morgan fingerprint density at radius 2 is 0.696 bits per heavy atom. The van der Waals surface area contributed by atoms with Crippen molar-refractivity contribution in [2.45, 2.75) is 463 Å². The second kappa shape index (κ2) is 70.3. The number of hydrogen-bond donors (Lipinski definition) is 7. The van der Waals surface area contributed by atoms with Crippen LogP contribution in [-0.2, 0) is 56.2 Å². The molecule has 0 aliphatic carbocycles. The highest BCUT2D eigenvalue weighted by atomic mass is 31.2. The van der Waals surface area contributed by atoms with Gasteiger partial charge in [-0.3, -0.25) is 18.6 Å². The quantitative estimate of drug-likeness (QED) is 0.0220. The Morgan fingerprint density at radius 3 is 1.04 bits per heavy atom. The topological polar surface area (TPSA) is 267 Å². The summed E-state index contributed by atoms with van der Waals surface area (Å²) < 4.78 is 75.4. The van der Waals surface area contributed by atoms with Crippen molar-refractivity contribution in [3.8, 4) is 0 Å². The summed E-state index contributed by atoms with van der Waals surface area (Å²) in [4.78, 5) is 70.4. The molecule has 9 atom stereocenters. The van der Waals surface area contributed by atoms with Crippen molar-refractivity contribution in [2.75, 3.05) is 46.2 Å². The summed E-state index contributed by atoms with van der Waals surface area (Å²) in [6, 6.07) is -2.54. The van der Waals surface area contributed by atoms with Gasteiger partial charge in [-0.1, -0.05) is 350 Å². The monoisotopic (exact) mass is 1500 g/mol. The third-order valence-electron chi connectivity index (χ3n) is 20.2. The van der Waals surface area contributed by atoms with E-state index in [2.05, 4.69) is 52.2 Å². The first kappa shape index (κ1) is 98.9. The highest BCUT2D eigenvalue weighted by molar-refractivity contribution is 7.46. The van der Waals surface area contributed by atoms with Crippen LogP contribution in [0.2, 0.25) is 0 Å². The molecular weight excluding hydrogens is 1330 g/mol. The van der Waals surface area contributed by atoms with Crippen LogP contribution in [0, 0.1) is 0 Å². The van der Waals surface area contributed by atoms with Crippen LogP contribution in [0.3, 0.4) is 0 Å². The Labute approximate surface area is 624 Å². The Kier molecular flexibility index (Phi) is 68.1. The maximum Gasteiger partial charge on any atom is 0.470 e. The van der Waals surface area contributed by atoms with Gasteiger partial charge in [-0.2, -0.15) is 0 Å². The van der Waals surface area contributed by atoms with Gasteiger partial charge in [-0.05, 0) is 44.9 Å². The van der Waals surface area contributed by atoms with Crippen LogP contribution >= 0.6 is 15.6 Å². The van der Waals surface area contributed by atoms with E-state index >= 15 is 0 Å². The predicted octanol–water partition coefficient (Wildman–Crippen LogP) is 21.2. The number of carbonyl (C=O) groups is 2. The average molecular weight is 1500 g/mol. The van der Waals surface area contributed by atoms with Crippen molar-refractivity contribution in [3.05, 3.63) is 0 Å². The van der Waals surface area contributed by atoms with E-state index in [0.29, 0.717) is 39.1 Å². The normalized spacial score (nSPS) is 17.9. The van der Waals surface area contributed by atoms with Gasteiger partial charge in [0.2, 0.25) is 11.8 Å². The van der Waals surface area contributed by atoms with Crippen LogP contribution in [0.15, 0.2) is 0 Å². The number of ether oxygens (including phenoxy) is 6. The van der Waals surface area contributed by atoms with E-state index in [1.54, 1.807) is 0 Å². The molecule has 0 bridgehead atoms. The minimum absolute atomic E-state index is 0.0154. The van der Waals surface area contributed by atoms with Gasteiger partial charge < -0.3 is 63.7 Å². The molecule has 19 nitrogen and oxygen atoms in total. The molecule has 1 aliphatic rings. The fourth-order valence-electron chi connectivity index (χ4n) is 13.9. The molecule has 0 aromatic rings. The fraction of sp³-hybridized carbons (Fsp3) is 0.975. The summed E-state index contributed by atoms with van der Waals surface area (Å²) in [7, 11) is -10.4. The van der Waals surface area contributed by atoms with Crippen LogP contribution in [0.5, 0.6) is 0 Å². The van der Waals surface area contributed by atoms with E-state index in [1.165, 1.54) is 199 Å². The van der Waals surface area contributed by atoms with E-state index in [1.807, 2.05) is 0 Å². The third-order valence-corrected chi connectivity index (χ3v) is 21.2. The highest BCUT2D eigenvalue weighted by Gasteiger charge is 2.51. The summed E-state index contributed by atoms with van der Waals surface area (Å²) >= 11 is 0. The summed E-state index contributed by atoms with van der Waals surface area (Å²) in [5.41, 5.74) is 0. The van der Waals surface area contributed by atoms with Gasteiger partial charge in [0.15, 0.2) is 6.29 Å². The molecule has 0 radical (unpaired) electrons. The number of aliphatic hydroxyl groups excluding tert-OH is 1. The first-order valence-corrected chi connectivity index (χ1v) is 46.0. The van der Waals surface area contributed by atoms with E-state index in [4.69, 9.17) is 37.5 Å². The second-order valence-electron chi connectivity index (χ2n) is 30.1. The zero-order chi connectivity index (χ0) is 74.7. The standard InChI is InChI=1S/C81H162N2O17P2/c1-7-13-19-25-31-37-40-46-52-58-72(93-62-55-49-43-34-28-22-16-10-4)61-65-96-80-78(83-77(86)67-74(60-54-48-42-39-33-27-21-15-9-3)95-64-57-51-45-36-30-24-18-12-6)81(99-75(68-84)79(80)100-102(90,91)92)97-69-71(70-98-101(87,88)89)82-76(85)66-73(59-53-47-41-38-32-26-20-14-8-2)94-63-56-50-44-35-29-23-17-11-5/h71-75,78-81,84H,7-70H2,1-6H3,(H,82,85)(H,83,86)(H2,87,88,89)(H2,90,91,92)/t71-,72-,73?,74+,75-,78-,79-,80-,81-/m1/s1. The number of carbonyl (C=O) groups excluding carboxylic acids is 2.